The molecule has 1 atom stereocenters. The molecule has 0 bridgehead atoms. The molecule has 2 amide bonds. The lowest BCUT2D eigenvalue weighted by Crippen LogP contribution is -2.40. The summed E-state index contributed by atoms with van der Waals surface area (Å²) in [5.41, 5.74) is 2.80. The van der Waals surface area contributed by atoms with E-state index in [1.54, 1.807) is 19.1 Å². The Kier molecular flexibility index (Phi) is 5.72. The van der Waals surface area contributed by atoms with Crippen LogP contribution in [0.4, 0.5) is 8.78 Å². The molecule has 0 fully saturated rings. The fraction of sp³-hybridized carbons (Fsp3) is 0.381. The maximum absolute atomic E-state index is 13.4. The van der Waals surface area contributed by atoms with Crippen molar-refractivity contribution in [3.63, 3.8) is 0 Å². The number of aromatic nitrogens is 1. The third-order valence-electron chi connectivity index (χ3n) is 4.74. The molecule has 0 saturated carbocycles. The Labute approximate surface area is 162 Å². The Morgan fingerprint density at radius 1 is 1.32 bits per heavy atom. The van der Waals surface area contributed by atoms with Gasteiger partial charge < -0.3 is 10.6 Å². The summed E-state index contributed by atoms with van der Waals surface area (Å²) in [5, 5.41) is 6.24. The zero-order chi connectivity index (χ0) is 20.3. The molecule has 1 heterocycles. The monoisotopic (exact) mass is 387 g/mol. The second-order valence-corrected chi connectivity index (χ2v) is 7.20. The van der Waals surface area contributed by atoms with Gasteiger partial charge >= 0.3 is 0 Å². The maximum atomic E-state index is 13.4. The van der Waals surface area contributed by atoms with Crippen molar-refractivity contribution in [1.82, 2.24) is 15.6 Å². The van der Waals surface area contributed by atoms with Crippen LogP contribution in [0.15, 0.2) is 36.5 Å². The van der Waals surface area contributed by atoms with Crippen molar-refractivity contribution in [3.05, 3.63) is 47.7 Å². The zero-order valence-electron chi connectivity index (χ0n) is 15.9. The van der Waals surface area contributed by atoms with E-state index in [1.165, 1.54) is 13.1 Å². The van der Waals surface area contributed by atoms with E-state index in [0.29, 0.717) is 24.0 Å². The normalized spacial score (nSPS) is 16.9. The summed E-state index contributed by atoms with van der Waals surface area (Å²) in [6.45, 7) is 3.53. The van der Waals surface area contributed by atoms with E-state index in [-0.39, 0.29) is 30.7 Å². The van der Waals surface area contributed by atoms with E-state index in [2.05, 4.69) is 15.6 Å². The maximum Gasteiger partial charge on any atom is 0.252 e. The van der Waals surface area contributed by atoms with E-state index in [1.807, 2.05) is 18.2 Å². The Balaban J connectivity index is 1.79. The lowest BCUT2D eigenvalue weighted by molar-refractivity contribution is -0.119. The SMILES string of the molecule is CC(=O)NC(C)CNC(=O)c1cnc2c(C3=CCC(F)(F)CC3)cccc2c1. The van der Waals surface area contributed by atoms with Gasteiger partial charge in [0.05, 0.1) is 11.1 Å². The lowest BCUT2D eigenvalue weighted by atomic mass is 9.90. The molecule has 1 unspecified atom stereocenters. The molecule has 3 rings (SSSR count). The Bertz CT molecular complexity index is 940. The highest BCUT2D eigenvalue weighted by molar-refractivity contribution is 5.99. The number of para-hydroxylation sites is 1. The first-order valence-electron chi connectivity index (χ1n) is 9.26. The topological polar surface area (TPSA) is 71.1 Å². The van der Waals surface area contributed by atoms with E-state index < -0.39 is 5.92 Å². The Morgan fingerprint density at radius 2 is 2.11 bits per heavy atom. The second kappa shape index (κ2) is 8.04. The number of benzene rings is 1. The minimum atomic E-state index is -2.64. The number of nitrogens with one attached hydrogen (secondary N) is 2. The molecule has 2 aromatic rings. The van der Waals surface area contributed by atoms with Crippen LogP contribution in [0.3, 0.4) is 0 Å². The third-order valence-corrected chi connectivity index (χ3v) is 4.74. The number of allylic oxidation sites excluding steroid dienone is 2. The van der Waals surface area contributed by atoms with Crippen molar-refractivity contribution in [3.8, 4) is 0 Å². The average Bonchev–Trinajstić information content (AvgIpc) is 2.65. The van der Waals surface area contributed by atoms with Crippen LogP contribution in [-0.4, -0.2) is 35.3 Å². The van der Waals surface area contributed by atoms with Crippen LogP contribution in [0.25, 0.3) is 16.5 Å². The molecule has 0 saturated heterocycles. The van der Waals surface area contributed by atoms with E-state index in [4.69, 9.17) is 0 Å². The average molecular weight is 387 g/mol. The molecule has 1 aliphatic carbocycles. The summed E-state index contributed by atoms with van der Waals surface area (Å²) >= 11 is 0. The van der Waals surface area contributed by atoms with E-state index in [0.717, 1.165) is 16.5 Å². The number of carbonyl (C=O) groups excluding carboxylic acids is 2. The van der Waals surface area contributed by atoms with E-state index in [9.17, 15) is 18.4 Å². The van der Waals surface area contributed by atoms with Crippen LogP contribution in [-0.2, 0) is 4.79 Å². The standard InChI is InChI=1S/C21H23F2N3O2/c1-13(26-14(2)27)11-25-20(28)17-10-16-4-3-5-18(19(16)24-12-17)15-6-8-21(22,23)9-7-15/h3-6,10,12-13H,7-9,11H2,1-2H3,(H,25,28)(H,26,27). The predicted octanol–water partition coefficient (Wildman–Crippen LogP) is 3.69. The molecule has 2 N–H and O–H groups in total. The fourth-order valence-electron chi connectivity index (χ4n) is 3.33. The van der Waals surface area contributed by atoms with Gasteiger partial charge in [-0.15, -0.1) is 0 Å². The number of fused-ring (bicyclic) bond motifs is 1. The van der Waals surface area contributed by atoms with Crippen LogP contribution in [0.5, 0.6) is 0 Å². The number of halogens is 2. The molecular formula is C21H23F2N3O2. The predicted molar refractivity (Wildman–Crippen MR) is 104 cm³/mol. The number of amides is 2. The Hall–Kier alpha value is -2.83. The number of hydrogen-bond donors (Lipinski definition) is 2. The Morgan fingerprint density at radius 3 is 2.79 bits per heavy atom. The highest BCUT2D eigenvalue weighted by Crippen LogP contribution is 2.37. The summed E-state index contributed by atoms with van der Waals surface area (Å²) in [6, 6.07) is 7.12. The highest BCUT2D eigenvalue weighted by atomic mass is 19.3. The third kappa shape index (κ3) is 4.71. The molecule has 28 heavy (non-hydrogen) atoms. The summed E-state index contributed by atoms with van der Waals surface area (Å²) in [7, 11) is 0. The van der Waals surface area contributed by atoms with Gasteiger partial charge in [0, 0.05) is 49.5 Å². The van der Waals surface area contributed by atoms with E-state index >= 15 is 0 Å². The minimum Gasteiger partial charge on any atom is -0.352 e. The molecule has 5 nitrogen and oxygen atoms in total. The van der Waals surface area contributed by atoms with Crippen LogP contribution in [0.2, 0.25) is 0 Å². The number of hydrogen-bond acceptors (Lipinski definition) is 3. The van der Waals surface area contributed by atoms with Crippen LogP contribution < -0.4 is 10.6 Å². The number of carbonyl (C=O) groups is 2. The smallest absolute Gasteiger partial charge is 0.252 e. The first-order valence-corrected chi connectivity index (χ1v) is 9.26. The van der Waals surface area contributed by atoms with Gasteiger partial charge in [0.2, 0.25) is 5.91 Å². The fourth-order valence-corrected chi connectivity index (χ4v) is 3.33. The molecule has 1 aliphatic rings. The van der Waals surface area contributed by atoms with Gasteiger partial charge in [-0.05, 0) is 25.0 Å². The van der Waals surface area contributed by atoms with Gasteiger partial charge in [0.25, 0.3) is 11.8 Å². The van der Waals surface area contributed by atoms with Gasteiger partial charge in [0.1, 0.15) is 0 Å². The lowest BCUT2D eigenvalue weighted by Gasteiger charge is -2.22. The van der Waals surface area contributed by atoms with Crippen molar-refractivity contribution in [2.75, 3.05) is 6.54 Å². The molecule has 0 aliphatic heterocycles. The summed E-state index contributed by atoms with van der Waals surface area (Å²) in [4.78, 5) is 27.8. The molecular weight excluding hydrogens is 364 g/mol. The van der Waals surface area contributed by atoms with Gasteiger partial charge in [-0.3, -0.25) is 14.6 Å². The summed E-state index contributed by atoms with van der Waals surface area (Å²) in [6.07, 6.45) is 2.96. The number of nitrogens with zero attached hydrogens (tertiary/aromatic N) is 1. The molecule has 1 aromatic carbocycles. The first-order chi connectivity index (χ1) is 13.2. The number of pyridine rings is 1. The van der Waals surface area contributed by atoms with Crippen molar-refractivity contribution < 1.29 is 18.4 Å². The van der Waals surface area contributed by atoms with Gasteiger partial charge in [-0.1, -0.05) is 24.3 Å². The number of alkyl halides is 2. The zero-order valence-corrected chi connectivity index (χ0v) is 15.9. The summed E-state index contributed by atoms with van der Waals surface area (Å²) in [5.74, 6) is -3.08. The van der Waals surface area contributed by atoms with Crippen molar-refractivity contribution in [1.29, 1.82) is 0 Å². The molecule has 148 valence electrons. The highest BCUT2D eigenvalue weighted by Gasteiger charge is 2.31. The minimum absolute atomic E-state index is 0.156. The van der Waals surface area contributed by atoms with Crippen molar-refractivity contribution >= 4 is 28.3 Å². The second-order valence-electron chi connectivity index (χ2n) is 7.20. The molecule has 0 radical (unpaired) electrons. The summed E-state index contributed by atoms with van der Waals surface area (Å²) < 4.78 is 26.8. The van der Waals surface area contributed by atoms with Crippen LogP contribution in [0, 0.1) is 0 Å². The largest absolute Gasteiger partial charge is 0.352 e. The molecule has 1 aromatic heterocycles. The number of rotatable bonds is 5. The van der Waals surface area contributed by atoms with Crippen molar-refractivity contribution in [2.45, 2.75) is 45.1 Å². The molecule has 0 spiro atoms. The van der Waals surface area contributed by atoms with Gasteiger partial charge in [-0.2, -0.15) is 0 Å². The van der Waals surface area contributed by atoms with Crippen LogP contribution in [0.1, 0.15) is 49.0 Å². The first kappa shape index (κ1) is 19.9. The van der Waals surface area contributed by atoms with Crippen molar-refractivity contribution in [2.24, 2.45) is 0 Å². The van der Waals surface area contributed by atoms with Gasteiger partial charge in [-0.25, -0.2) is 8.78 Å². The van der Waals surface area contributed by atoms with Gasteiger partial charge in [0.15, 0.2) is 0 Å². The van der Waals surface area contributed by atoms with Crippen LogP contribution >= 0.6 is 0 Å². The quantitative estimate of drug-likeness (QED) is 0.822. The molecule has 7 heteroatoms.